The van der Waals surface area contributed by atoms with Crippen molar-refractivity contribution >= 4 is 17.3 Å². The van der Waals surface area contributed by atoms with Gasteiger partial charge in [-0.05, 0) is 24.4 Å². The Morgan fingerprint density at radius 3 is 3.11 bits per heavy atom. The molecule has 0 unspecified atom stereocenters. The van der Waals surface area contributed by atoms with Crippen LogP contribution in [0.15, 0.2) is 28.4 Å². The number of rotatable bonds is 2. The molecule has 2 aromatic rings. The molecule has 19 heavy (non-hydrogen) atoms. The molecule has 0 spiro atoms. The van der Waals surface area contributed by atoms with Crippen LogP contribution in [0.4, 0.5) is 5.95 Å². The van der Waals surface area contributed by atoms with Crippen LogP contribution >= 0.6 is 11.3 Å². The maximum Gasteiger partial charge on any atom is 0.252 e. The van der Waals surface area contributed by atoms with Crippen LogP contribution in [0.1, 0.15) is 6.42 Å². The van der Waals surface area contributed by atoms with E-state index in [1.807, 2.05) is 17.5 Å². The number of aromatic nitrogens is 2. The van der Waals surface area contributed by atoms with E-state index in [2.05, 4.69) is 20.2 Å². The van der Waals surface area contributed by atoms with E-state index in [1.165, 1.54) is 0 Å². The molecular formula is C13H16N4OS. The molecule has 0 amide bonds. The van der Waals surface area contributed by atoms with E-state index in [0.29, 0.717) is 5.95 Å². The van der Waals surface area contributed by atoms with E-state index in [9.17, 15) is 4.79 Å². The van der Waals surface area contributed by atoms with E-state index in [-0.39, 0.29) is 5.56 Å². The van der Waals surface area contributed by atoms with Gasteiger partial charge in [-0.1, -0.05) is 6.07 Å². The molecular weight excluding hydrogens is 260 g/mol. The van der Waals surface area contributed by atoms with Crippen molar-refractivity contribution in [3.63, 3.8) is 0 Å². The number of H-pyrrole nitrogens is 1. The molecule has 0 radical (unpaired) electrons. The molecule has 5 nitrogen and oxygen atoms in total. The van der Waals surface area contributed by atoms with Crippen molar-refractivity contribution in [1.29, 1.82) is 0 Å². The number of nitrogens with one attached hydrogen (secondary N) is 2. The second-order valence-electron chi connectivity index (χ2n) is 4.52. The number of aromatic amines is 1. The topological polar surface area (TPSA) is 61.0 Å². The van der Waals surface area contributed by atoms with Gasteiger partial charge in [-0.2, -0.15) is 0 Å². The highest BCUT2D eigenvalue weighted by Gasteiger charge is 2.13. The van der Waals surface area contributed by atoms with Crippen molar-refractivity contribution in [2.24, 2.45) is 0 Å². The molecule has 0 aliphatic carbocycles. The van der Waals surface area contributed by atoms with Crippen LogP contribution in [0.5, 0.6) is 0 Å². The van der Waals surface area contributed by atoms with Gasteiger partial charge in [0.2, 0.25) is 5.95 Å². The Hall–Kier alpha value is -1.66. The minimum Gasteiger partial charge on any atom is -0.341 e. The molecule has 2 N–H and O–H groups in total. The fraction of sp³-hybridized carbons (Fsp3) is 0.385. The standard InChI is InChI=1S/C13H16N4OS/c18-12-9-10(11-3-1-8-19-11)15-13(16-12)17-6-2-4-14-5-7-17/h1,3,8-9,14H,2,4-7H2,(H,15,16,18). The first-order chi connectivity index (χ1) is 9.33. The van der Waals surface area contributed by atoms with Crippen LogP contribution < -0.4 is 15.8 Å². The lowest BCUT2D eigenvalue weighted by atomic mass is 10.3. The van der Waals surface area contributed by atoms with Crippen LogP contribution in [0.25, 0.3) is 10.6 Å². The largest absolute Gasteiger partial charge is 0.341 e. The molecule has 2 aromatic heterocycles. The summed E-state index contributed by atoms with van der Waals surface area (Å²) in [5, 5.41) is 5.34. The number of nitrogens with zero attached hydrogens (tertiary/aromatic N) is 2. The summed E-state index contributed by atoms with van der Waals surface area (Å²) in [6.07, 6.45) is 1.06. The van der Waals surface area contributed by atoms with E-state index < -0.39 is 0 Å². The normalized spacial score (nSPS) is 16.3. The molecule has 100 valence electrons. The summed E-state index contributed by atoms with van der Waals surface area (Å²) in [5.74, 6) is 0.680. The Bertz CT molecular complexity index is 585. The van der Waals surface area contributed by atoms with Crippen LogP contribution in [-0.2, 0) is 0 Å². The Morgan fingerprint density at radius 1 is 1.32 bits per heavy atom. The van der Waals surface area contributed by atoms with Crippen molar-refractivity contribution in [3.05, 3.63) is 33.9 Å². The summed E-state index contributed by atoms with van der Waals surface area (Å²) in [6, 6.07) is 5.52. The minimum absolute atomic E-state index is 0.0920. The number of hydrogen-bond acceptors (Lipinski definition) is 5. The highest BCUT2D eigenvalue weighted by Crippen LogP contribution is 2.22. The molecule has 1 saturated heterocycles. The van der Waals surface area contributed by atoms with Gasteiger partial charge < -0.3 is 10.2 Å². The maximum atomic E-state index is 11.8. The van der Waals surface area contributed by atoms with Crippen LogP contribution in [-0.4, -0.2) is 36.1 Å². The number of thiophene rings is 1. The van der Waals surface area contributed by atoms with Gasteiger partial charge in [0.15, 0.2) is 0 Å². The Morgan fingerprint density at radius 2 is 2.26 bits per heavy atom. The predicted molar refractivity (Wildman–Crippen MR) is 77.9 cm³/mol. The van der Waals surface area contributed by atoms with E-state index in [4.69, 9.17) is 0 Å². The summed E-state index contributed by atoms with van der Waals surface area (Å²) >= 11 is 1.60. The third-order valence-corrected chi connectivity index (χ3v) is 4.03. The second kappa shape index (κ2) is 5.54. The Kier molecular flexibility index (Phi) is 3.61. The molecule has 0 aromatic carbocycles. The van der Waals surface area contributed by atoms with Gasteiger partial charge in [-0.25, -0.2) is 4.98 Å². The second-order valence-corrected chi connectivity index (χ2v) is 5.47. The monoisotopic (exact) mass is 276 g/mol. The van der Waals surface area contributed by atoms with E-state index >= 15 is 0 Å². The summed E-state index contributed by atoms with van der Waals surface area (Å²) in [7, 11) is 0. The highest BCUT2D eigenvalue weighted by molar-refractivity contribution is 7.13. The minimum atomic E-state index is -0.0920. The maximum absolute atomic E-state index is 11.8. The lowest BCUT2D eigenvalue weighted by Crippen LogP contribution is -2.31. The Balaban J connectivity index is 1.95. The van der Waals surface area contributed by atoms with Crippen LogP contribution in [0.2, 0.25) is 0 Å². The van der Waals surface area contributed by atoms with Gasteiger partial charge in [0.25, 0.3) is 5.56 Å². The van der Waals surface area contributed by atoms with Crippen LogP contribution in [0.3, 0.4) is 0 Å². The van der Waals surface area contributed by atoms with Crippen molar-refractivity contribution in [3.8, 4) is 10.6 Å². The van der Waals surface area contributed by atoms with Gasteiger partial charge in [0.1, 0.15) is 0 Å². The zero-order valence-corrected chi connectivity index (χ0v) is 11.4. The molecule has 1 aliphatic heterocycles. The van der Waals surface area contributed by atoms with Crippen LogP contribution in [0, 0.1) is 0 Å². The molecule has 3 rings (SSSR count). The zero-order valence-electron chi connectivity index (χ0n) is 10.6. The van der Waals surface area contributed by atoms with Gasteiger partial charge in [-0.3, -0.25) is 9.78 Å². The molecule has 1 aliphatic rings. The van der Waals surface area contributed by atoms with E-state index in [0.717, 1.165) is 43.2 Å². The zero-order chi connectivity index (χ0) is 13.1. The SMILES string of the molecule is O=c1cc(-c2cccs2)nc(N2CCCNCC2)[nH]1. The molecule has 1 fully saturated rings. The highest BCUT2D eigenvalue weighted by atomic mass is 32.1. The predicted octanol–water partition coefficient (Wildman–Crippen LogP) is 1.30. The molecule has 0 saturated carbocycles. The first-order valence-electron chi connectivity index (χ1n) is 6.44. The average molecular weight is 276 g/mol. The lowest BCUT2D eigenvalue weighted by Gasteiger charge is -2.20. The van der Waals surface area contributed by atoms with Gasteiger partial charge in [0.05, 0.1) is 10.6 Å². The fourth-order valence-electron chi connectivity index (χ4n) is 2.20. The number of hydrogen-bond donors (Lipinski definition) is 2. The fourth-order valence-corrected chi connectivity index (χ4v) is 2.89. The lowest BCUT2D eigenvalue weighted by molar-refractivity contribution is 0.724. The smallest absolute Gasteiger partial charge is 0.252 e. The molecule has 0 bridgehead atoms. The average Bonchev–Trinajstić information content (AvgIpc) is 2.81. The molecule has 6 heteroatoms. The first kappa shape index (κ1) is 12.4. The number of anilines is 1. The first-order valence-corrected chi connectivity index (χ1v) is 7.32. The summed E-state index contributed by atoms with van der Waals surface area (Å²) in [4.78, 5) is 22.4. The quantitative estimate of drug-likeness (QED) is 0.868. The molecule has 0 atom stereocenters. The summed E-state index contributed by atoms with van der Waals surface area (Å²) < 4.78 is 0. The van der Waals surface area contributed by atoms with Gasteiger partial charge in [0, 0.05) is 25.7 Å². The van der Waals surface area contributed by atoms with Gasteiger partial charge >= 0.3 is 0 Å². The summed E-state index contributed by atoms with van der Waals surface area (Å²) in [6.45, 7) is 3.74. The van der Waals surface area contributed by atoms with Crippen molar-refractivity contribution in [2.45, 2.75) is 6.42 Å². The van der Waals surface area contributed by atoms with Gasteiger partial charge in [-0.15, -0.1) is 11.3 Å². The van der Waals surface area contributed by atoms with Crippen molar-refractivity contribution in [1.82, 2.24) is 15.3 Å². The third kappa shape index (κ3) is 2.85. The van der Waals surface area contributed by atoms with E-state index in [1.54, 1.807) is 17.4 Å². The summed E-state index contributed by atoms with van der Waals surface area (Å²) in [5.41, 5.74) is 0.663. The van der Waals surface area contributed by atoms with Crippen molar-refractivity contribution in [2.75, 3.05) is 31.1 Å². The molecule has 3 heterocycles. The Labute approximate surface area is 115 Å². The van der Waals surface area contributed by atoms with Crippen molar-refractivity contribution < 1.29 is 0 Å². The third-order valence-electron chi connectivity index (χ3n) is 3.14.